The van der Waals surface area contributed by atoms with Gasteiger partial charge in [-0.25, -0.2) is 0 Å². The van der Waals surface area contributed by atoms with Crippen molar-refractivity contribution in [2.24, 2.45) is 11.7 Å². The first-order valence-corrected chi connectivity index (χ1v) is 4.50. The van der Waals surface area contributed by atoms with Crippen LogP contribution in [0.5, 0.6) is 0 Å². The molecule has 1 aliphatic carbocycles. The highest BCUT2D eigenvalue weighted by molar-refractivity contribution is 4.70. The maximum atomic E-state index is 8.60. The van der Waals surface area contributed by atoms with Gasteiger partial charge in [-0.05, 0) is 18.8 Å². The summed E-state index contributed by atoms with van der Waals surface area (Å²) in [5.41, 5.74) is 7.80. The topological polar surface area (TPSA) is 58.3 Å². The van der Waals surface area contributed by atoms with Gasteiger partial charge >= 0.3 is 0 Å². The normalized spacial score (nSPS) is 24.5. The molecular weight excluding hydrogens is 140 g/mol. The van der Waals surface area contributed by atoms with Crippen LogP contribution in [-0.2, 0) is 0 Å². The van der Waals surface area contributed by atoms with Gasteiger partial charge in [0.15, 0.2) is 0 Å². The van der Waals surface area contributed by atoms with Crippen LogP contribution in [0.3, 0.4) is 0 Å². The molecule has 1 aliphatic rings. The van der Waals surface area contributed by atoms with E-state index in [0.717, 1.165) is 12.8 Å². The second-order valence-electron chi connectivity index (χ2n) is 3.41. The molecule has 1 saturated carbocycles. The van der Waals surface area contributed by atoms with E-state index in [1.54, 1.807) is 0 Å². The smallest absolute Gasteiger partial charge is 0.0813 e. The summed E-state index contributed by atoms with van der Waals surface area (Å²) in [6.45, 7) is 0. The van der Waals surface area contributed by atoms with E-state index < -0.39 is 0 Å². The molecule has 3 heteroatoms. The van der Waals surface area contributed by atoms with E-state index in [1.165, 1.54) is 25.7 Å². The molecule has 0 bridgehead atoms. The van der Waals surface area contributed by atoms with E-state index in [9.17, 15) is 0 Å². The van der Waals surface area contributed by atoms with E-state index in [2.05, 4.69) is 5.48 Å². The van der Waals surface area contributed by atoms with Gasteiger partial charge in [-0.1, -0.05) is 25.7 Å². The molecule has 0 saturated heterocycles. The summed E-state index contributed by atoms with van der Waals surface area (Å²) in [6.07, 6.45) is 7.29. The lowest BCUT2D eigenvalue weighted by Gasteiger charge is -2.19. The highest BCUT2D eigenvalue weighted by atomic mass is 16.5. The minimum Gasteiger partial charge on any atom is -0.315 e. The minimum absolute atomic E-state index is 0.215. The molecule has 1 unspecified atom stereocenters. The van der Waals surface area contributed by atoms with Crippen LogP contribution in [0.15, 0.2) is 0 Å². The summed E-state index contributed by atoms with van der Waals surface area (Å²) in [5, 5.41) is 8.60. The molecule has 3 nitrogen and oxygen atoms in total. The zero-order valence-corrected chi connectivity index (χ0v) is 6.92. The molecule has 0 aromatic carbocycles. The SMILES string of the molecule is NC(NO)C1CCCCCC1. The molecule has 1 atom stereocenters. The highest BCUT2D eigenvalue weighted by Crippen LogP contribution is 2.23. The van der Waals surface area contributed by atoms with Crippen LogP contribution in [0.2, 0.25) is 0 Å². The first-order chi connectivity index (χ1) is 5.34. The second kappa shape index (κ2) is 4.70. The Balaban J connectivity index is 2.30. The highest BCUT2D eigenvalue weighted by Gasteiger charge is 2.18. The quantitative estimate of drug-likeness (QED) is 0.322. The predicted octanol–water partition coefficient (Wildman–Crippen LogP) is 1.22. The van der Waals surface area contributed by atoms with E-state index in [4.69, 9.17) is 10.9 Å². The molecule has 0 radical (unpaired) electrons. The Bertz CT molecular complexity index is 100. The van der Waals surface area contributed by atoms with E-state index in [0.29, 0.717) is 5.92 Å². The third kappa shape index (κ3) is 2.77. The van der Waals surface area contributed by atoms with Crippen molar-refractivity contribution in [1.82, 2.24) is 5.48 Å². The summed E-state index contributed by atoms with van der Waals surface area (Å²) in [6, 6.07) is 0. The number of rotatable bonds is 2. The van der Waals surface area contributed by atoms with Crippen molar-refractivity contribution in [3.05, 3.63) is 0 Å². The van der Waals surface area contributed by atoms with Gasteiger partial charge in [0.05, 0.1) is 6.17 Å². The largest absolute Gasteiger partial charge is 0.315 e. The van der Waals surface area contributed by atoms with Gasteiger partial charge in [0.2, 0.25) is 0 Å². The average molecular weight is 158 g/mol. The second-order valence-corrected chi connectivity index (χ2v) is 3.41. The lowest BCUT2D eigenvalue weighted by Crippen LogP contribution is -2.41. The van der Waals surface area contributed by atoms with Crippen molar-refractivity contribution in [2.75, 3.05) is 0 Å². The Morgan fingerprint density at radius 1 is 1.18 bits per heavy atom. The summed E-state index contributed by atoms with van der Waals surface area (Å²) in [7, 11) is 0. The van der Waals surface area contributed by atoms with E-state index >= 15 is 0 Å². The summed E-state index contributed by atoms with van der Waals surface area (Å²) in [4.78, 5) is 0. The zero-order valence-electron chi connectivity index (χ0n) is 6.92. The van der Waals surface area contributed by atoms with Crippen molar-refractivity contribution in [3.8, 4) is 0 Å². The van der Waals surface area contributed by atoms with Crippen LogP contribution < -0.4 is 11.2 Å². The Labute approximate surface area is 67.9 Å². The monoisotopic (exact) mass is 158 g/mol. The molecular formula is C8H18N2O. The summed E-state index contributed by atoms with van der Waals surface area (Å²) in [5.74, 6) is 0.475. The Kier molecular flexibility index (Phi) is 3.83. The fraction of sp³-hybridized carbons (Fsp3) is 1.00. The Hall–Kier alpha value is -0.120. The van der Waals surface area contributed by atoms with Gasteiger partial charge in [0, 0.05) is 0 Å². The van der Waals surface area contributed by atoms with Crippen molar-refractivity contribution in [3.63, 3.8) is 0 Å². The van der Waals surface area contributed by atoms with Gasteiger partial charge in [0.25, 0.3) is 0 Å². The molecule has 0 spiro atoms. The lowest BCUT2D eigenvalue weighted by molar-refractivity contribution is 0.0945. The standard InChI is InChI=1S/C8H18N2O/c9-8(10-11)7-5-3-1-2-4-6-7/h7-8,10-11H,1-6,9H2. The maximum absolute atomic E-state index is 8.60. The van der Waals surface area contributed by atoms with Crippen LogP contribution in [-0.4, -0.2) is 11.4 Å². The molecule has 0 aromatic rings. The van der Waals surface area contributed by atoms with Crippen molar-refractivity contribution < 1.29 is 5.21 Å². The molecule has 11 heavy (non-hydrogen) atoms. The molecule has 0 aliphatic heterocycles. The molecule has 0 amide bonds. The molecule has 1 rings (SSSR count). The number of hydrogen-bond acceptors (Lipinski definition) is 3. The predicted molar refractivity (Wildman–Crippen MR) is 44.1 cm³/mol. The van der Waals surface area contributed by atoms with Gasteiger partial charge in [-0.2, -0.15) is 5.48 Å². The minimum atomic E-state index is -0.215. The Morgan fingerprint density at radius 2 is 1.73 bits per heavy atom. The van der Waals surface area contributed by atoms with Crippen LogP contribution in [0.1, 0.15) is 38.5 Å². The first-order valence-electron chi connectivity index (χ1n) is 4.50. The van der Waals surface area contributed by atoms with E-state index in [-0.39, 0.29) is 6.17 Å². The third-order valence-corrected chi connectivity index (χ3v) is 2.56. The first kappa shape index (κ1) is 8.97. The van der Waals surface area contributed by atoms with Crippen molar-refractivity contribution in [2.45, 2.75) is 44.7 Å². The molecule has 66 valence electrons. The molecule has 0 heterocycles. The fourth-order valence-electron chi connectivity index (χ4n) is 1.78. The van der Waals surface area contributed by atoms with E-state index in [1.807, 2.05) is 0 Å². The van der Waals surface area contributed by atoms with Gasteiger partial charge in [-0.3, -0.25) is 0 Å². The molecule has 4 N–H and O–H groups in total. The van der Waals surface area contributed by atoms with Gasteiger partial charge < -0.3 is 10.9 Å². The summed E-state index contributed by atoms with van der Waals surface area (Å²) >= 11 is 0. The number of nitrogens with two attached hydrogens (primary N) is 1. The van der Waals surface area contributed by atoms with Crippen LogP contribution in [0.25, 0.3) is 0 Å². The fourth-order valence-corrected chi connectivity index (χ4v) is 1.78. The third-order valence-electron chi connectivity index (χ3n) is 2.56. The summed E-state index contributed by atoms with van der Waals surface area (Å²) < 4.78 is 0. The van der Waals surface area contributed by atoms with Crippen LogP contribution in [0, 0.1) is 5.92 Å². The average Bonchev–Trinajstić information content (AvgIpc) is 2.30. The van der Waals surface area contributed by atoms with Crippen molar-refractivity contribution >= 4 is 0 Å². The Morgan fingerprint density at radius 3 is 2.18 bits per heavy atom. The van der Waals surface area contributed by atoms with Crippen LogP contribution >= 0.6 is 0 Å². The molecule has 0 aromatic heterocycles. The lowest BCUT2D eigenvalue weighted by atomic mass is 9.98. The maximum Gasteiger partial charge on any atom is 0.0813 e. The van der Waals surface area contributed by atoms with Gasteiger partial charge in [-0.15, -0.1) is 0 Å². The van der Waals surface area contributed by atoms with Gasteiger partial charge in [0.1, 0.15) is 0 Å². The zero-order chi connectivity index (χ0) is 8.10. The number of hydroxylamine groups is 1. The van der Waals surface area contributed by atoms with Crippen LogP contribution in [0.4, 0.5) is 0 Å². The number of nitrogens with one attached hydrogen (secondary N) is 1. The molecule has 1 fully saturated rings. The van der Waals surface area contributed by atoms with Crippen molar-refractivity contribution in [1.29, 1.82) is 0 Å². The number of hydrogen-bond donors (Lipinski definition) is 3.